The van der Waals surface area contributed by atoms with E-state index >= 15 is 13.2 Å². The van der Waals surface area contributed by atoms with Crippen molar-refractivity contribution in [1.29, 1.82) is 0 Å². The molecule has 0 N–H and O–H groups in total. The van der Waals surface area contributed by atoms with E-state index in [2.05, 4.69) is 20.8 Å². The number of hydrogen-bond donors (Lipinski definition) is 0. The van der Waals surface area contributed by atoms with Gasteiger partial charge in [-0.3, -0.25) is 9.69 Å². The van der Waals surface area contributed by atoms with Crippen LogP contribution in [0, 0.1) is 47.3 Å². The Labute approximate surface area is 327 Å². The van der Waals surface area contributed by atoms with Gasteiger partial charge in [0, 0.05) is 49.6 Å². The predicted molar refractivity (Wildman–Crippen MR) is 188 cm³/mol. The number of rotatable bonds is 11. The molecule has 13 nitrogen and oxygen atoms in total. The second kappa shape index (κ2) is 14.5. The van der Waals surface area contributed by atoms with Crippen LogP contribution in [-0.2, 0) is 57.5 Å². The molecule has 2 saturated carbocycles. The van der Waals surface area contributed by atoms with Crippen LogP contribution in [0.4, 0.5) is 13.2 Å². The average molecular weight is 806 g/mol. The van der Waals surface area contributed by atoms with E-state index in [0.29, 0.717) is 31.6 Å². The molecule has 4 bridgehead atoms. The summed E-state index contributed by atoms with van der Waals surface area (Å²) in [5.74, 6) is -7.94. The Hall–Kier alpha value is -1.18. The van der Waals surface area contributed by atoms with Gasteiger partial charge >= 0.3 is 12.1 Å². The molecular weight excluding hydrogens is 743 g/mol. The lowest BCUT2D eigenvalue weighted by molar-refractivity contribution is -0.598. The van der Waals surface area contributed by atoms with E-state index in [0.717, 1.165) is 25.7 Å². The van der Waals surface area contributed by atoms with Crippen molar-refractivity contribution in [2.24, 2.45) is 47.3 Å². The molecule has 0 aromatic rings. The quantitative estimate of drug-likeness (QED) is 0.164. The largest absolute Gasteiger partial charge is 0.465 e. The van der Waals surface area contributed by atoms with Crippen LogP contribution in [0.25, 0.3) is 0 Å². The number of fused-ring (bicyclic) bond motifs is 4. The predicted octanol–water partition coefficient (Wildman–Crippen LogP) is 6.62. The van der Waals surface area contributed by atoms with Crippen molar-refractivity contribution in [2.45, 2.75) is 160 Å². The Balaban J connectivity index is 0.975. The fraction of sp³-hybridized carbons (Fsp3) is 0.975. The molecule has 0 amide bonds. The Morgan fingerprint density at radius 1 is 0.679 bits per heavy atom. The zero-order valence-corrected chi connectivity index (χ0v) is 34.2. The van der Waals surface area contributed by atoms with E-state index < -0.39 is 77.5 Å². The number of carbonyl (C=O) groups is 1. The van der Waals surface area contributed by atoms with Gasteiger partial charge in [0.25, 0.3) is 5.79 Å². The molecule has 320 valence electrons. The highest BCUT2D eigenvalue weighted by atomic mass is 19.4. The molecule has 0 unspecified atom stereocenters. The van der Waals surface area contributed by atoms with Gasteiger partial charge in [-0.1, -0.05) is 27.7 Å². The highest BCUT2D eigenvalue weighted by Gasteiger charge is 2.77. The third kappa shape index (κ3) is 6.40. The number of ether oxygens (including phenoxy) is 7. The number of esters is 1. The summed E-state index contributed by atoms with van der Waals surface area (Å²) in [5.41, 5.74) is -1.95. The van der Waals surface area contributed by atoms with Crippen LogP contribution in [-0.4, -0.2) is 103 Å². The number of halogens is 3. The summed E-state index contributed by atoms with van der Waals surface area (Å²) in [6, 6.07) is 0. The fourth-order valence-electron chi connectivity index (χ4n) is 12.1. The van der Waals surface area contributed by atoms with Crippen molar-refractivity contribution in [3.05, 3.63) is 0 Å². The SMILES string of the molecule is CCOC(=O)CN(CCO[C@@]1(C)O[C@@H]2O[C@@]3(C)CC[C@H]4[C@H](C)CC[C@@H]([C@H]1C)[C@@]24OO3)CCO[C@@]1(C(F)(F)F)O[C@@H]2O[C@]3(C)CC[C@H]4[C@H](C)CC[C@@H]([C@H]1C)[C@@]24OO3. The van der Waals surface area contributed by atoms with Gasteiger partial charge in [-0.2, -0.15) is 13.2 Å². The second-order valence-electron chi connectivity index (χ2n) is 18.6. The maximum absolute atomic E-state index is 15.5. The van der Waals surface area contributed by atoms with Gasteiger partial charge in [0.05, 0.1) is 26.4 Å². The summed E-state index contributed by atoms with van der Waals surface area (Å²) in [4.78, 5) is 38.6. The Morgan fingerprint density at radius 3 is 1.73 bits per heavy atom. The number of carbonyl (C=O) groups excluding carboxylic acids is 1. The summed E-state index contributed by atoms with van der Waals surface area (Å²) in [6.07, 6.45) is -1.10. The van der Waals surface area contributed by atoms with Crippen LogP contribution in [0.3, 0.4) is 0 Å². The normalized spacial score (nSPS) is 50.9. The molecule has 0 radical (unpaired) electrons. The van der Waals surface area contributed by atoms with Crippen LogP contribution in [0.5, 0.6) is 0 Å². The van der Waals surface area contributed by atoms with Crippen LogP contribution in [0.1, 0.15) is 107 Å². The molecule has 0 aromatic heterocycles. The Bertz CT molecular complexity index is 1480. The Kier molecular flexibility index (Phi) is 10.7. The van der Waals surface area contributed by atoms with Crippen LogP contribution >= 0.6 is 0 Å². The first-order chi connectivity index (χ1) is 26.4. The first kappa shape index (κ1) is 41.5. The van der Waals surface area contributed by atoms with Crippen molar-refractivity contribution in [3.63, 3.8) is 0 Å². The molecule has 10 fully saturated rings. The van der Waals surface area contributed by atoms with E-state index in [9.17, 15) is 4.79 Å². The molecule has 10 rings (SSSR count). The lowest BCUT2D eigenvalue weighted by atomic mass is 9.57. The maximum Gasteiger partial charge on any atom is 0.443 e. The molecule has 10 aliphatic rings. The lowest BCUT2D eigenvalue weighted by Gasteiger charge is -2.62. The zero-order valence-electron chi connectivity index (χ0n) is 34.2. The van der Waals surface area contributed by atoms with Crippen molar-refractivity contribution in [2.75, 3.05) is 39.5 Å². The molecule has 2 aliphatic carbocycles. The topological polar surface area (TPSA) is 122 Å². The maximum atomic E-state index is 15.5. The van der Waals surface area contributed by atoms with Gasteiger partial charge < -0.3 is 33.2 Å². The highest BCUT2D eigenvalue weighted by Crippen LogP contribution is 2.65. The fourth-order valence-corrected chi connectivity index (χ4v) is 12.1. The number of nitrogens with zero attached hydrogens (tertiary/aromatic N) is 1. The Morgan fingerprint density at radius 2 is 1.20 bits per heavy atom. The molecule has 56 heavy (non-hydrogen) atoms. The van der Waals surface area contributed by atoms with E-state index in [1.807, 2.05) is 13.8 Å². The van der Waals surface area contributed by atoms with E-state index in [1.165, 1.54) is 6.92 Å². The molecule has 8 heterocycles. The van der Waals surface area contributed by atoms with Crippen molar-refractivity contribution < 1.29 is 70.7 Å². The minimum absolute atomic E-state index is 0.0316. The monoisotopic (exact) mass is 805 g/mol. The summed E-state index contributed by atoms with van der Waals surface area (Å²) >= 11 is 0. The van der Waals surface area contributed by atoms with Crippen LogP contribution < -0.4 is 0 Å². The molecular formula is C40H62F3NO12. The van der Waals surface area contributed by atoms with Crippen LogP contribution in [0.15, 0.2) is 0 Å². The third-order valence-corrected chi connectivity index (χ3v) is 15.4. The van der Waals surface area contributed by atoms with Crippen molar-refractivity contribution in [3.8, 4) is 0 Å². The number of alkyl halides is 3. The molecule has 16 heteroatoms. The highest BCUT2D eigenvalue weighted by molar-refractivity contribution is 5.71. The van der Waals surface area contributed by atoms with Gasteiger partial charge in [0.2, 0.25) is 11.6 Å². The van der Waals surface area contributed by atoms with Gasteiger partial charge in [-0.05, 0) is 89.9 Å². The summed E-state index contributed by atoms with van der Waals surface area (Å²) in [6.45, 7) is 15.0. The lowest BCUT2D eigenvalue weighted by Crippen LogP contribution is -2.76. The van der Waals surface area contributed by atoms with Gasteiger partial charge in [-0.25, -0.2) is 19.6 Å². The summed E-state index contributed by atoms with van der Waals surface area (Å²) in [5, 5.41) is 0. The van der Waals surface area contributed by atoms with Gasteiger partial charge in [0.15, 0.2) is 29.6 Å². The molecule has 8 saturated heterocycles. The number of hydrogen-bond acceptors (Lipinski definition) is 13. The van der Waals surface area contributed by atoms with Crippen LogP contribution in [0.2, 0.25) is 0 Å². The first-order valence-electron chi connectivity index (χ1n) is 21.0. The second-order valence-corrected chi connectivity index (χ2v) is 18.6. The third-order valence-electron chi connectivity index (χ3n) is 15.4. The van der Waals surface area contributed by atoms with Crippen molar-refractivity contribution >= 4 is 5.97 Å². The molecule has 16 atom stereocenters. The van der Waals surface area contributed by atoms with Gasteiger partial charge in [0.1, 0.15) is 0 Å². The van der Waals surface area contributed by atoms with Gasteiger partial charge in [-0.15, -0.1) is 0 Å². The zero-order chi connectivity index (χ0) is 40.1. The smallest absolute Gasteiger partial charge is 0.443 e. The minimum atomic E-state index is -4.92. The molecule has 8 aliphatic heterocycles. The molecule has 0 aromatic carbocycles. The van der Waals surface area contributed by atoms with Crippen molar-refractivity contribution in [1.82, 2.24) is 4.90 Å². The van der Waals surface area contributed by atoms with E-state index in [1.54, 1.807) is 18.7 Å². The van der Waals surface area contributed by atoms with E-state index in [4.69, 9.17) is 52.7 Å². The molecule has 2 spiro atoms. The summed E-state index contributed by atoms with van der Waals surface area (Å²) in [7, 11) is 0. The van der Waals surface area contributed by atoms with E-state index in [-0.39, 0.29) is 62.4 Å². The minimum Gasteiger partial charge on any atom is -0.465 e. The standard InChI is InChI=1S/C40H62F3NO12/c1-9-46-31(45)22-44(18-20-47-36(8)25(4)29-12-10-23(2)27-14-16-34(6)49-32(51-36)37(27,29)55-53-34)19-21-48-39(40(41,42)43)26(5)30-13-11-24(3)28-15-17-35(7)50-33(52-39)38(28,30)56-54-35/h23-30,32-33H,9-22H2,1-8H3/t23-,24-,25-,26-,27+,28+,29+,30+,32+,33+,34-,35+,36+,37-,38-,39-/m1/s1. The summed E-state index contributed by atoms with van der Waals surface area (Å²) < 4.78 is 89.7. The average Bonchev–Trinajstić information content (AvgIpc) is 3.50. The first-order valence-corrected chi connectivity index (χ1v) is 21.0.